The fourth-order valence-corrected chi connectivity index (χ4v) is 6.76. The lowest BCUT2D eigenvalue weighted by atomic mass is 9.95. The van der Waals surface area contributed by atoms with Gasteiger partial charge in [-0.3, -0.25) is 9.69 Å². The molecule has 2 heterocycles. The summed E-state index contributed by atoms with van der Waals surface area (Å²) in [5, 5.41) is 0. The van der Waals surface area contributed by atoms with Crippen LogP contribution in [-0.2, 0) is 24.2 Å². The summed E-state index contributed by atoms with van der Waals surface area (Å²) in [6.45, 7) is 5.94. The van der Waals surface area contributed by atoms with Gasteiger partial charge in [0.15, 0.2) is 20.9 Å². The summed E-state index contributed by atoms with van der Waals surface area (Å²) in [6, 6.07) is 14.0. The van der Waals surface area contributed by atoms with E-state index in [2.05, 4.69) is 25.2 Å². The van der Waals surface area contributed by atoms with Crippen LogP contribution in [0.1, 0.15) is 57.4 Å². The van der Waals surface area contributed by atoms with Crippen molar-refractivity contribution in [1.29, 1.82) is 0 Å². The summed E-state index contributed by atoms with van der Waals surface area (Å²) in [4.78, 5) is 21.0. The fraction of sp³-hybridized carbons (Fsp3) is 0.483. The Morgan fingerprint density at radius 3 is 2.29 bits per heavy atom. The Bertz CT molecular complexity index is 1220. The first-order valence-electron chi connectivity index (χ1n) is 13.1. The Kier molecular flexibility index (Phi) is 9.11. The van der Waals surface area contributed by atoms with Gasteiger partial charge in [-0.05, 0) is 73.6 Å². The van der Waals surface area contributed by atoms with E-state index in [0.717, 1.165) is 12.8 Å². The molecule has 1 unspecified atom stereocenters. The zero-order valence-corrected chi connectivity index (χ0v) is 22.8. The number of rotatable bonds is 9. The third kappa shape index (κ3) is 6.21. The van der Waals surface area contributed by atoms with Crippen LogP contribution in [0.2, 0.25) is 0 Å². The van der Waals surface area contributed by atoms with Gasteiger partial charge in [0.1, 0.15) is 11.5 Å². The minimum absolute atomic E-state index is 0.0504. The van der Waals surface area contributed by atoms with Gasteiger partial charge in [-0.25, -0.2) is 18.7 Å². The highest BCUT2D eigenvalue weighted by Gasteiger charge is 2.53. The summed E-state index contributed by atoms with van der Waals surface area (Å²) < 4.78 is 37.7. The van der Waals surface area contributed by atoms with Gasteiger partial charge in [-0.1, -0.05) is 31.9 Å². The SMILES string of the molecule is C#CCN1CCC(C(=O)NOC2CCCCO2)(S(=O)(=O)c2ccc(Oc3ccc(C(C)C)cc3)cc2)CC1. The van der Waals surface area contributed by atoms with Crippen molar-refractivity contribution >= 4 is 15.7 Å². The number of benzene rings is 2. The van der Waals surface area contributed by atoms with Crippen LogP contribution in [0.15, 0.2) is 53.4 Å². The molecule has 204 valence electrons. The summed E-state index contributed by atoms with van der Waals surface area (Å²) in [5.74, 6) is 3.48. The minimum Gasteiger partial charge on any atom is -0.457 e. The van der Waals surface area contributed by atoms with Gasteiger partial charge in [0.2, 0.25) is 0 Å². The predicted molar refractivity (Wildman–Crippen MR) is 144 cm³/mol. The van der Waals surface area contributed by atoms with Crippen LogP contribution in [0.25, 0.3) is 0 Å². The maximum atomic E-state index is 14.0. The monoisotopic (exact) mass is 540 g/mol. The van der Waals surface area contributed by atoms with Crippen LogP contribution in [0.3, 0.4) is 0 Å². The van der Waals surface area contributed by atoms with E-state index in [1.807, 2.05) is 29.2 Å². The lowest BCUT2D eigenvalue weighted by molar-refractivity contribution is -0.202. The van der Waals surface area contributed by atoms with Crippen LogP contribution in [0, 0.1) is 12.3 Å². The number of nitrogens with zero attached hydrogens (tertiary/aromatic N) is 1. The molecule has 1 atom stereocenters. The lowest BCUT2D eigenvalue weighted by Crippen LogP contribution is -2.58. The van der Waals surface area contributed by atoms with Crippen molar-refractivity contribution in [1.82, 2.24) is 10.4 Å². The molecule has 4 rings (SSSR count). The van der Waals surface area contributed by atoms with E-state index < -0.39 is 26.8 Å². The number of likely N-dealkylation sites (tertiary alicyclic amines) is 1. The van der Waals surface area contributed by atoms with E-state index in [1.165, 1.54) is 17.7 Å². The predicted octanol–water partition coefficient (Wildman–Crippen LogP) is 4.42. The third-order valence-corrected chi connectivity index (χ3v) is 9.76. The first-order valence-corrected chi connectivity index (χ1v) is 14.6. The fourth-order valence-electron chi connectivity index (χ4n) is 4.80. The molecule has 2 aromatic rings. The molecule has 0 saturated carbocycles. The topological polar surface area (TPSA) is 94.2 Å². The first-order chi connectivity index (χ1) is 18.2. The molecule has 0 aromatic heterocycles. The van der Waals surface area contributed by atoms with Gasteiger partial charge in [-0.2, -0.15) is 0 Å². The molecule has 2 saturated heterocycles. The molecular formula is C29H36N2O6S. The zero-order valence-electron chi connectivity index (χ0n) is 22.0. The van der Waals surface area contributed by atoms with Gasteiger partial charge in [0.25, 0.3) is 5.91 Å². The molecule has 1 amide bonds. The lowest BCUT2D eigenvalue weighted by Gasteiger charge is -2.39. The summed E-state index contributed by atoms with van der Waals surface area (Å²) >= 11 is 0. The van der Waals surface area contributed by atoms with E-state index in [0.29, 0.717) is 50.1 Å². The highest BCUT2D eigenvalue weighted by Crippen LogP contribution is 2.37. The highest BCUT2D eigenvalue weighted by molar-refractivity contribution is 7.93. The molecule has 2 aromatic carbocycles. The van der Waals surface area contributed by atoms with Crippen molar-refractivity contribution in [2.45, 2.75) is 67.8 Å². The first kappa shape index (κ1) is 28.1. The molecule has 0 aliphatic carbocycles. The van der Waals surface area contributed by atoms with Crippen LogP contribution < -0.4 is 10.2 Å². The number of amides is 1. The van der Waals surface area contributed by atoms with Crippen LogP contribution in [0.4, 0.5) is 0 Å². The number of carbonyl (C=O) groups excluding carboxylic acids is 1. The number of hydrogen-bond donors (Lipinski definition) is 1. The average Bonchev–Trinajstić information content (AvgIpc) is 2.93. The normalized spacial score (nSPS) is 20.0. The van der Waals surface area contributed by atoms with Crippen molar-refractivity contribution in [3.63, 3.8) is 0 Å². The molecule has 8 nitrogen and oxygen atoms in total. The number of ether oxygens (including phenoxy) is 2. The summed E-state index contributed by atoms with van der Waals surface area (Å²) in [5.41, 5.74) is 3.62. The molecule has 1 N–H and O–H groups in total. The number of piperidine rings is 1. The molecular weight excluding hydrogens is 504 g/mol. The molecule has 0 spiro atoms. The number of terminal acetylenes is 1. The Hall–Kier alpha value is -2.90. The maximum absolute atomic E-state index is 14.0. The Labute approximate surface area is 225 Å². The second-order valence-electron chi connectivity index (χ2n) is 10.1. The number of hydroxylamine groups is 1. The molecule has 0 bridgehead atoms. The zero-order chi connectivity index (χ0) is 27.2. The van der Waals surface area contributed by atoms with Crippen molar-refractivity contribution in [2.75, 3.05) is 26.2 Å². The summed E-state index contributed by atoms with van der Waals surface area (Å²) in [7, 11) is -4.09. The second kappa shape index (κ2) is 12.3. The van der Waals surface area contributed by atoms with Crippen molar-refractivity contribution in [2.24, 2.45) is 0 Å². The molecule has 2 fully saturated rings. The molecule has 2 aliphatic heterocycles. The minimum atomic E-state index is -4.09. The van der Waals surface area contributed by atoms with Gasteiger partial charge in [0.05, 0.1) is 11.4 Å². The summed E-state index contributed by atoms with van der Waals surface area (Å²) in [6.07, 6.45) is 7.54. The Balaban J connectivity index is 1.53. The second-order valence-corrected chi connectivity index (χ2v) is 12.4. The van der Waals surface area contributed by atoms with Gasteiger partial charge < -0.3 is 9.47 Å². The van der Waals surface area contributed by atoms with Crippen LogP contribution >= 0.6 is 0 Å². The van der Waals surface area contributed by atoms with Gasteiger partial charge in [0, 0.05) is 26.1 Å². The maximum Gasteiger partial charge on any atom is 0.265 e. The molecule has 9 heteroatoms. The largest absolute Gasteiger partial charge is 0.457 e. The van der Waals surface area contributed by atoms with Crippen LogP contribution in [0.5, 0.6) is 11.5 Å². The van der Waals surface area contributed by atoms with E-state index in [-0.39, 0.29) is 17.7 Å². The molecule has 38 heavy (non-hydrogen) atoms. The Morgan fingerprint density at radius 1 is 1.11 bits per heavy atom. The van der Waals surface area contributed by atoms with Gasteiger partial charge >= 0.3 is 0 Å². The van der Waals surface area contributed by atoms with E-state index in [1.54, 1.807) is 12.1 Å². The highest BCUT2D eigenvalue weighted by atomic mass is 32.2. The standard InChI is InChI=1S/C29H36N2O6S/c1-4-18-31-19-16-29(17-20-31,28(32)30-37-27-7-5-6-21-35-27)38(33,34)26-14-12-25(13-15-26)36-24-10-8-23(9-11-24)22(2)3/h1,8-15,22,27H,5-7,16-21H2,2-3H3,(H,30,32). The van der Waals surface area contributed by atoms with Gasteiger partial charge in [-0.15, -0.1) is 6.42 Å². The number of carbonyl (C=O) groups is 1. The van der Waals surface area contributed by atoms with E-state index in [4.69, 9.17) is 20.7 Å². The van der Waals surface area contributed by atoms with E-state index >= 15 is 0 Å². The number of nitrogens with one attached hydrogen (secondary N) is 1. The smallest absolute Gasteiger partial charge is 0.265 e. The van der Waals surface area contributed by atoms with Crippen molar-refractivity contribution < 1.29 is 27.5 Å². The average molecular weight is 541 g/mol. The number of sulfone groups is 1. The number of hydrogen-bond acceptors (Lipinski definition) is 7. The quantitative estimate of drug-likeness (QED) is 0.372. The van der Waals surface area contributed by atoms with Crippen LogP contribution in [-0.4, -0.2) is 56.5 Å². The van der Waals surface area contributed by atoms with Crippen molar-refractivity contribution in [3.05, 3.63) is 54.1 Å². The molecule has 2 aliphatic rings. The Morgan fingerprint density at radius 2 is 1.74 bits per heavy atom. The van der Waals surface area contributed by atoms with E-state index in [9.17, 15) is 13.2 Å². The third-order valence-electron chi connectivity index (χ3n) is 7.24. The van der Waals surface area contributed by atoms with Crippen molar-refractivity contribution in [3.8, 4) is 23.8 Å². The molecule has 0 radical (unpaired) electrons.